The van der Waals surface area contributed by atoms with Crippen LogP contribution in [0.2, 0.25) is 0 Å². The molecule has 0 spiro atoms. The van der Waals surface area contributed by atoms with Gasteiger partial charge >= 0.3 is 0 Å². The summed E-state index contributed by atoms with van der Waals surface area (Å²) >= 11 is 3.32. The third kappa shape index (κ3) is 2.72. The molecule has 27 heavy (non-hydrogen) atoms. The van der Waals surface area contributed by atoms with Gasteiger partial charge in [-0.05, 0) is 42.8 Å². The zero-order valence-electron chi connectivity index (χ0n) is 14.2. The van der Waals surface area contributed by atoms with Gasteiger partial charge in [0.05, 0.1) is 22.9 Å². The van der Waals surface area contributed by atoms with Crippen LogP contribution in [0.1, 0.15) is 5.56 Å². The molecule has 10 heteroatoms. The normalized spacial score (nSPS) is 12.0. The molecule has 0 unspecified atom stereocenters. The Kier molecular flexibility index (Phi) is 4.04. The monoisotopic (exact) mass is 448 g/mol. The summed E-state index contributed by atoms with van der Waals surface area (Å²) in [6, 6.07) is 9.65. The van der Waals surface area contributed by atoms with E-state index in [9.17, 15) is 13.2 Å². The lowest BCUT2D eigenvalue weighted by Crippen LogP contribution is -2.12. The van der Waals surface area contributed by atoms with Gasteiger partial charge in [0.25, 0.3) is 5.56 Å². The van der Waals surface area contributed by atoms with E-state index in [2.05, 4.69) is 31.2 Å². The molecule has 4 rings (SSSR count). The number of methoxy groups -OCH3 is 1. The van der Waals surface area contributed by atoms with Gasteiger partial charge in [-0.1, -0.05) is 21.1 Å². The van der Waals surface area contributed by atoms with Gasteiger partial charge in [-0.15, -0.1) is 5.10 Å². The Balaban J connectivity index is 2.05. The minimum Gasteiger partial charge on any atom is -0.497 e. The van der Waals surface area contributed by atoms with Crippen LogP contribution < -0.4 is 10.3 Å². The second-order valence-corrected chi connectivity index (χ2v) is 8.65. The Bertz CT molecular complexity index is 1380. The van der Waals surface area contributed by atoms with Gasteiger partial charge in [0.2, 0.25) is 14.9 Å². The van der Waals surface area contributed by atoms with Crippen LogP contribution in [0.3, 0.4) is 0 Å². The number of hydrogen-bond donors (Lipinski definition) is 1. The topological polar surface area (TPSA) is 106 Å². The maximum Gasteiger partial charge on any atom is 0.259 e. The summed E-state index contributed by atoms with van der Waals surface area (Å²) in [4.78, 5) is 15.1. The third-order valence-corrected chi connectivity index (χ3v) is 6.54. The minimum absolute atomic E-state index is 0.00284. The van der Waals surface area contributed by atoms with Gasteiger partial charge in [0, 0.05) is 10.5 Å². The molecule has 0 aliphatic heterocycles. The number of aromatic amines is 1. The van der Waals surface area contributed by atoms with Gasteiger partial charge in [0.1, 0.15) is 5.75 Å². The average Bonchev–Trinajstić information content (AvgIpc) is 3.05. The number of sulfone groups is 1. The number of nitrogens with one attached hydrogen (secondary N) is 1. The van der Waals surface area contributed by atoms with E-state index in [1.165, 1.54) is 17.7 Å². The number of rotatable bonds is 3. The molecule has 0 radical (unpaired) electrons. The van der Waals surface area contributed by atoms with Gasteiger partial charge in [-0.25, -0.2) is 8.42 Å². The molecule has 0 aliphatic carbocycles. The number of fused-ring (bicyclic) bond motifs is 3. The van der Waals surface area contributed by atoms with Crippen LogP contribution in [0.5, 0.6) is 5.75 Å². The first-order chi connectivity index (χ1) is 12.8. The molecule has 1 N–H and O–H groups in total. The molecule has 8 nitrogen and oxygen atoms in total. The lowest BCUT2D eigenvalue weighted by molar-refractivity contribution is 0.415. The van der Waals surface area contributed by atoms with Crippen molar-refractivity contribution in [2.24, 2.45) is 0 Å². The van der Waals surface area contributed by atoms with Crippen LogP contribution in [-0.2, 0) is 9.84 Å². The second kappa shape index (κ2) is 6.17. The average molecular weight is 449 g/mol. The molecule has 0 bridgehead atoms. The highest BCUT2D eigenvalue weighted by atomic mass is 79.9. The predicted octanol–water partition coefficient (Wildman–Crippen LogP) is 2.48. The first-order valence-corrected chi connectivity index (χ1v) is 10.1. The van der Waals surface area contributed by atoms with Crippen molar-refractivity contribution in [2.75, 3.05) is 7.11 Å². The van der Waals surface area contributed by atoms with E-state index >= 15 is 0 Å². The van der Waals surface area contributed by atoms with E-state index in [1.54, 1.807) is 37.3 Å². The third-order valence-electron chi connectivity index (χ3n) is 4.23. The molecule has 2 heterocycles. The van der Waals surface area contributed by atoms with Crippen LogP contribution in [0.4, 0.5) is 0 Å². The summed E-state index contributed by atoms with van der Waals surface area (Å²) in [6.07, 6.45) is 0. The number of ether oxygens (including phenoxy) is 1. The van der Waals surface area contributed by atoms with Gasteiger partial charge in [0.15, 0.2) is 5.65 Å². The molecular weight excluding hydrogens is 436 g/mol. The molecule has 0 saturated carbocycles. The number of halogens is 1. The first-order valence-electron chi connectivity index (χ1n) is 7.79. The van der Waals surface area contributed by atoms with E-state index in [-0.39, 0.29) is 15.6 Å². The maximum absolute atomic E-state index is 13.1. The van der Waals surface area contributed by atoms with Gasteiger partial charge in [-0.3, -0.25) is 4.79 Å². The summed E-state index contributed by atoms with van der Waals surface area (Å²) < 4.78 is 33.5. The zero-order valence-corrected chi connectivity index (χ0v) is 16.6. The van der Waals surface area contributed by atoms with Crippen molar-refractivity contribution in [2.45, 2.75) is 16.8 Å². The molecule has 0 fully saturated rings. The van der Waals surface area contributed by atoms with E-state index in [1.807, 2.05) is 0 Å². The quantitative estimate of drug-likeness (QED) is 0.515. The maximum atomic E-state index is 13.1. The SMILES string of the molecule is COc1ccc2c(=O)[nH]c3c(S(=O)(=O)c4ccc(Br)cc4C)nnn3c2c1. The molecule has 138 valence electrons. The molecule has 2 aromatic heterocycles. The highest BCUT2D eigenvalue weighted by molar-refractivity contribution is 9.10. The van der Waals surface area contributed by atoms with E-state index in [0.29, 0.717) is 22.2 Å². The number of nitrogens with zero attached hydrogens (tertiary/aromatic N) is 3. The Hall–Kier alpha value is -2.72. The number of H-pyrrole nitrogens is 1. The molecule has 0 amide bonds. The fourth-order valence-corrected chi connectivity index (χ4v) is 4.87. The van der Waals surface area contributed by atoms with Crippen LogP contribution >= 0.6 is 15.9 Å². The molecule has 0 saturated heterocycles. The van der Waals surface area contributed by atoms with Crippen molar-refractivity contribution in [3.8, 4) is 5.75 Å². The number of benzene rings is 2. The van der Waals surface area contributed by atoms with Crippen LogP contribution in [0.25, 0.3) is 16.6 Å². The lowest BCUT2D eigenvalue weighted by Gasteiger charge is -2.07. The van der Waals surface area contributed by atoms with Crippen molar-refractivity contribution in [1.82, 2.24) is 19.8 Å². The Morgan fingerprint density at radius 2 is 1.96 bits per heavy atom. The molecule has 2 aromatic carbocycles. The molecule has 0 aliphatic rings. The summed E-state index contributed by atoms with van der Waals surface area (Å²) in [5.41, 5.74) is 0.513. The number of hydrogen-bond acceptors (Lipinski definition) is 6. The summed E-state index contributed by atoms with van der Waals surface area (Å²) in [5, 5.41) is 7.84. The van der Waals surface area contributed by atoms with E-state index in [0.717, 1.165) is 4.47 Å². The fraction of sp³-hybridized carbons (Fsp3) is 0.118. The van der Waals surface area contributed by atoms with Gasteiger partial charge < -0.3 is 9.72 Å². The van der Waals surface area contributed by atoms with E-state index < -0.39 is 15.4 Å². The van der Waals surface area contributed by atoms with Crippen LogP contribution in [0, 0.1) is 6.92 Å². The lowest BCUT2D eigenvalue weighted by atomic mass is 10.2. The van der Waals surface area contributed by atoms with Crippen molar-refractivity contribution >= 4 is 42.3 Å². The van der Waals surface area contributed by atoms with Crippen LogP contribution in [-0.4, -0.2) is 35.3 Å². The predicted molar refractivity (Wildman–Crippen MR) is 102 cm³/mol. The highest BCUT2D eigenvalue weighted by Gasteiger charge is 2.27. The summed E-state index contributed by atoms with van der Waals surface area (Å²) in [7, 11) is -2.49. The number of aromatic nitrogens is 4. The van der Waals surface area contributed by atoms with Crippen molar-refractivity contribution in [3.05, 3.63) is 56.8 Å². The summed E-state index contributed by atoms with van der Waals surface area (Å²) in [6.45, 7) is 1.69. The molecular formula is C17H13BrN4O4S. The standard InChI is InChI=1S/C17H13BrN4O4S/c1-9-7-10(18)3-6-14(9)27(24,25)17-15-19-16(23)12-5-4-11(26-2)8-13(12)22(15)21-20-17/h3-8H,1-2H3,(H,19,23). The summed E-state index contributed by atoms with van der Waals surface area (Å²) in [5.74, 6) is 0.512. The van der Waals surface area contributed by atoms with Crippen molar-refractivity contribution in [1.29, 1.82) is 0 Å². The highest BCUT2D eigenvalue weighted by Crippen LogP contribution is 2.28. The van der Waals surface area contributed by atoms with Crippen molar-refractivity contribution in [3.63, 3.8) is 0 Å². The van der Waals surface area contributed by atoms with Gasteiger partial charge in [-0.2, -0.15) is 4.52 Å². The first kappa shape index (κ1) is 17.7. The minimum atomic E-state index is -3.99. The largest absolute Gasteiger partial charge is 0.497 e. The second-order valence-electron chi connectivity index (χ2n) is 5.91. The smallest absolute Gasteiger partial charge is 0.259 e. The van der Waals surface area contributed by atoms with Crippen molar-refractivity contribution < 1.29 is 13.2 Å². The number of aryl methyl sites for hydroxylation is 1. The Labute approximate surface area is 161 Å². The fourth-order valence-electron chi connectivity index (χ4n) is 2.92. The Morgan fingerprint density at radius 1 is 1.19 bits per heavy atom. The molecule has 0 atom stereocenters. The zero-order chi connectivity index (χ0) is 19.3. The Morgan fingerprint density at radius 3 is 2.67 bits per heavy atom. The molecule has 4 aromatic rings. The van der Waals surface area contributed by atoms with Crippen LogP contribution in [0.15, 0.2) is 55.6 Å². The van der Waals surface area contributed by atoms with E-state index in [4.69, 9.17) is 4.74 Å².